The Kier molecular flexibility index (Phi) is 6.65. The number of hydrogen-bond acceptors (Lipinski definition) is 2. The standard InChI is InChI=1S/C15H21FN2O3/c1-3-12(14(19)20)9-17-15(21)18-10(2)8-11-4-6-13(16)7-5-11/h4-7,10,12H,3,8-9H2,1-2H3,(H,19,20)(H2,17,18,21). The molecule has 0 spiro atoms. The lowest BCUT2D eigenvalue weighted by atomic mass is 10.1. The minimum absolute atomic E-state index is 0.0981. The van der Waals surface area contributed by atoms with Gasteiger partial charge in [0.2, 0.25) is 0 Å². The molecule has 2 unspecified atom stereocenters. The third kappa shape index (κ3) is 6.25. The van der Waals surface area contributed by atoms with E-state index in [1.807, 2.05) is 6.92 Å². The molecule has 0 aliphatic carbocycles. The lowest BCUT2D eigenvalue weighted by Gasteiger charge is -2.16. The number of carbonyl (C=O) groups is 2. The van der Waals surface area contributed by atoms with Crippen LogP contribution in [0.3, 0.4) is 0 Å². The Morgan fingerprint density at radius 1 is 1.29 bits per heavy atom. The second-order valence-electron chi connectivity index (χ2n) is 5.03. The van der Waals surface area contributed by atoms with Crippen LogP contribution < -0.4 is 10.6 Å². The Hall–Kier alpha value is -2.11. The molecule has 2 amide bonds. The van der Waals surface area contributed by atoms with Gasteiger partial charge >= 0.3 is 12.0 Å². The summed E-state index contributed by atoms with van der Waals surface area (Å²) < 4.78 is 12.8. The van der Waals surface area contributed by atoms with Gasteiger partial charge in [-0.1, -0.05) is 19.1 Å². The van der Waals surface area contributed by atoms with Crippen LogP contribution in [0.15, 0.2) is 24.3 Å². The molecule has 5 nitrogen and oxygen atoms in total. The molecule has 0 saturated carbocycles. The highest BCUT2D eigenvalue weighted by Gasteiger charge is 2.16. The zero-order valence-corrected chi connectivity index (χ0v) is 12.2. The van der Waals surface area contributed by atoms with Crippen molar-refractivity contribution < 1.29 is 19.1 Å². The Morgan fingerprint density at radius 3 is 2.43 bits per heavy atom. The van der Waals surface area contributed by atoms with Crippen molar-refractivity contribution in [2.75, 3.05) is 6.54 Å². The molecule has 21 heavy (non-hydrogen) atoms. The van der Waals surface area contributed by atoms with Crippen molar-refractivity contribution in [1.29, 1.82) is 0 Å². The van der Waals surface area contributed by atoms with E-state index in [0.29, 0.717) is 12.8 Å². The van der Waals surface area contributed by atoms with E-state index >= 15 is 0 Å². The van der Waals surface area contributed by atoms with E-state index in [4.69, 9.17) is 5.11 Å². The summed E-state index contributed by atoms with van der Waals surface area (Å²) in [6.07, 6.45) is 1.03. The van der Waals surface area contributed by atoms with Crippen LogP contribution in [0.5, 0.6) is 0 Å². The van der Waals surface area contributed by atoms with Gasteiger partial charge < -0.3 is 15.7 Å². The molecule has 3 N–H and O–H groups in total. The van der Waals surface area contributed by atoms with Gasteiger partial charge in [-0.2, -0.15) is 0 Å². The van der Waals surface area contributed by atoms with Crippen LogP contribution >= 0.6 is 0 Å². The zero-order chi connectivity index (χ0) is 15.8. The van der Waals surface area contributed by atoms with Crippen molar-refractivity contribution in [2.24, 2.45) is 5.92 Å². The van der Waals surface area contributed by atoms with Gasteiger partial charge in [0.25, 0.3) is 0 Å². The maximum Gasteiger partial charge on any atom is 0.315 e. The smallest absolute Gasteiger partial charge is 0.315 e. The molecule has 1 aromatic carbocycles. The summed E-state index contributed by atoms with van der Waals surface area (Å²) in [6.45, 7) is 3.69. The van der Waals surface area contributed by atoms with Gasteiger partial charge in [-0.3, -0.25) is 4.79 Å². The fourth-order valence-electron chi connectivity index (χ4n) is 1.92. The zero-order valence-electron chi connectivity index (χ0n) is 12.2. The number of carboxylic acid groups (broad SMARTS) is 1. The molecule has 1 rings (SSSR count). The molecule has 0 saturated heterocycles. The number of amides is 2. The summed E-state index contributed by atoms with van der Waals surface area (Å²) in [7, 11) is 0. The van der Waals surface area contributed by atoms with Gasteiger partial charge in [-0.15, -0.1) is 0 Å². The third-order valence-electron chi connectivity index (χ3n) is 3.18. The molecule has 0 heterocycles. The largest absolute Gasteiger partial charge is 0.481 e. The van der Waals surface area contributed by atoms with Gasteiger partial charge in [0.15, 0.2) is 0 Å². The number of carbonyl (C=O) groups excluding carboxylic acids is 1. The van der Waals surface area contributed by atoms with Gasteiger partial charge in [0.1, 0.15) is 5.82 Å². The highest BCUT2D eigenvalue weighted by Crippen LogP contribution is 2.05. The minimum atomic E-state index is -0.919. The first-order valence-electron chi connectivity index (χ1n) is 6.94. The Labute approximate surface area is 123 Å². The van der Waals surface area contributed by atoms with E-state index in [0.717, 1.165) is 5.56 Å². The Balaban J connectivity index is 2.36. The monoisotopic (exact) mass is 296 g/mol. The van der Waals surface area contributed by atoms with Crippen molar-refractivity contribution in [3.05, 3.63) is 35.6 Å². The second-order valence-corrected chi connectivity index (χ2v) is 5.03. The van der Waals surface area contributed by atoms with E-state index in [9.17, 15) is 14.0 Å². The summed E-state index contributed by atoms with van der Waals surface area (Å²) in [5.41, 5.74) is 0.918. The first-order valence-corrected chi connectivity index (χ1v) is 6.94. The number of halogens is 1. The molecule has 0 fully saturated rings. The quantitative estimate of drug-likeness (QED) is 0.721. The summed E-state index contributed by atoms with van der Waals surface area (Å²) >= 11 is 0. The normalized spacial score (nSPS) is 13.3. The minimum Gasteiger partial charge on any atom is -0.481 e. The number of rotatable bonds is 7. The Morgan fingerprint density at radius 2 is 1.90 bits per heavy atom. The molecular weight excluding hydrogens is 275 g/mol. The molecule has 0 aromatic heterocycles. The number of nitrogens with one attached hydrogen (secondary N) is 2. The first kappa shape index (κ1) is 16.9. The lowest BCUT2D eigenvalue weighted by molar-refractivity contribution is -0.141. The number of aliphatic carboxylic acids is 1. The van der Waals surface area contributed by atoms with Gasteiger partial charge in [-0.25, -0.2) is 9.18 Å². The average molecular weight is 296 g/mol. The van der Waals surface area contributed by atoms with Crippen LogP contribution in [0, 0.1) is 11.7 Å². The maximum absolute atomic E-state index is 12.8. The molecule has 6 heteroatoms. The Bertz CT molecular complexity index is 476. The van der Waals surface area contributed by atoms with Crippen LogP contribution in [0.25, 0.3) is 0 Å². The maximum atomic E-state index is 12.8. The lowest BCUT2D eigenvalue weighted by Crippen LogP contribution is -2.44. The second kappa shape index (κ2) is 8.24. The van der Waals surface area contributed by atoms with Gasteiger partial charge in [0.05, 0.1) is 5.92 Å². The summed E-state index contributed by atoms with van der Waals surface area (Å²) in [5, 5.41) is 14.2. The van der Waals surface area contributed by atoms with E-state index in [1.54, 1.807) is 19.1 Å². The predicted molar refractivity (Wildman–Crippen MR) is 77.5 cm³/mol. The van der Waals surface area contributed by atoms with Crippen molar-refractivity contribution in [3.63, 3.8) is 0 Å². The SMILES string of the molecule is CCC(CNC(=O)NC(C)Cc1ccc(F)cc1)C(=O)O. The van der Waals surface area contributed by atoms with E-state index in [2.05, 4.69) is 10.6 Å². The van der Waals surface area contributed by atoms with Crippen LogP contribution in [0.2, 0.25) is 0 Å². The van der Waals surface area contributed by atoms with Crippen LogP contribution in [0.1, 0.15) is 25.8 Å². The topological polar surface area (TPSA) is 78.4 Å². The summed E-state index contributed by atoms with van der Waals surface area (Å²) in [6, 6.07) is 5.55. The van der Waals surface area contributed by atoms with Gasteiger partial charge in [0, 0.05) is 12.6 Å². The highest BCUT2D eigenvalue weighted by molar-refractivity contribution is 5.76. The van der Waals surface area contributed by atoms with Gasteiger partial charge in [-0.05, 0) is 37.5 Å². The molecule has 0 aliphatic heterocycles. The van der Waals surface area contributed by atoms with Crippen molar-refractivity contribution in [1.82, 2.24) is 10.6 Å². The molecule has 0 bridgehead atoms. The van der Waals surface area contributed by atoms with E-state index in [-0.39, 0.29) is 18.4 Å². The number of urea groups is 1. The van der Waals surface area contributed by atoms with Crippen LogP contribution in [-0.4, -0.2) is 29.7 Å². The summed E-state index contributed by atoms with van der Waals surface area (Å²) in [4.78, 5) is 22.5. The van der Waals surface area contributed by atoms with Crippen molar-refractivity contribution >= 4 is 12.0 Å². The van der Waals surface area contributed by atoms with E-state index in [1.165, 1.54) is 12.1 Å². The fraction of sp³-hybridized carbons (Fsp3) is 0.467. The van der Waals surface area contributed by atoms with Crippen LogP contribution in [-0.2, 0) is 11.2 Å². The summed E-state index contributed by atoms with van der Waals surface area (Å²) in [5.74, 6) is -1.79. The third-order valence-corrected chi connectivity index (χ3v) is 3.18. The highest BCUT2D eigenvalue weighted by atomic mass is 19.1. The number of hydrogen-bond donors (Lipinski definition) is 3. The predicted octanol–water partition coefficient (Wildman–Crippen LogP) is 2.17. The molecule has 2 atom stereocenters. The average Bonchev–Trinajstić information content (AvgIpc) is 2.41. The van der Waals surface area contributed by atoms with Crippen molar-refractivity contribution in [3.8, 4) is 0 Å². The van der Waals surface area contributed by atoms with E-state index < -0.39 is 17.9 Å². The fourth-order valence-corrected chi connectivity index (χ4v) is 1.92. The molecule has 1 aromatic rings. The van der Waals surface area contributed by atoms with Crippen molar-refractivity contribution in [2.45, 2.75) is 32.7 Å². The molecular formula is C15H21FN2O3. The molecule has 0 radical (unpaired) electrons. The first-order chi connectivity index (χ1) is 9.92. The molecule has 0 aliphatic rings. The number of carboxylic acids is 1. The number of benzene rings is 1. The molecule has 116 valence electrons. The van der Waals surface area contributed by atoms with Crippen LogP contribution in [0.4, 0.5) is 9.18 Å².